The SMILES string of the molecule is CCN1[C@H]2CC[C@H]1CN(c1ccc(C#Cc3ccc(C[C@H](NC(=O)[C@@H](NC(=O)OC)C(C)(C)C(F)(F)F)[C@@H](O)CN(Cc4c(F)cc(-c5cnn(C(F)F)c5)cc4F)NC(=O)[C@@H](OC(=O)NC)C(C)(C)C(F)(F)F)cc3)cn1)C2. The number of halogens is 10. The van der Waals surface area contributed by atoms with Gasteiger partial charge in [-0.05, 0) is 101 Å². The first-order valence-corrected chi connectivity index (χ1v) is 24.8. The molecule has 17 nitrogen and oxygen atoms in total. The first kappa shape index (κ1) is 61.0. The first-order valence-electron chi connectivity index (χ1n) is 24.8. The van der Waals surface area contributed by atoms with Crippen LogP contribution in [0.5, 0.6) is 0 Å². The Kier molecular flexibility index (Phi) is 19.2. The molecule has 0 unspecified atom stereocenters. The molecule has 2 saturated heterocycles. The van der Waals surface area contributed by atoms with Crippen molar-refractivity contribution >= 4 is 29.8 Å². The summed E-state index contributed by atoms with van der Waals surface area (Å²) in [7, 11) is 1.79. The monoisotopic (exact) mass is 1130 g/mol. The molecule has 0 radical (unpaired) electrons. The number of methoxy groups -OCH3 is 1. The number of amides is 4. The van der Waals surface area contributed by atoms with Crippen molar-refractivity contribution in [3.63, 3.8) is 0 Å². The third-order valence-electron chi connectivity index (χ3n) is 14.1. The van der Waals surface area contributed by atoms with E-state index in [1.807, 2.05) is 28.2 Å². The minimum Gasteiger partial charge on any atom is -0.453 e. The van der Waals surface area contributed by atoms with Crippen LogP contribution in [0.25, 0.3) is 11.1 Å². The van der Waals surface area contributed by atoms with Gasteiger partial charge in [0.05, 0.1) is 30.9 Å². The Balaban J connectivity index is 1.33. The molecule has 4 aromatic rings. The quantitative estimate of drug-likeness (QED) is 0.0360. The Hall–Kier alpha value is -7.18. The number of nitrogens with zero attached hydrogens (tertiary/aromatic N) is 6. The number of likely N-dealkylation sites (N-methyl/N-ethyl adjacent to an activating group) is 1. The summed E-state index contributed by atoms with van der Waals surface area (Å²) in [6.45, 7) is 1.66. The highest BCUT2D eigenvalue weighted by Gasteiger charge is 2.58. The number of fused-ring (bicyclic) bond motifs is 2. The number of aliphatic hydroxyl groups is 1. The zero-order chi connectivity index (χ0) is 58.4. The summed E-state index contributed by atoms with van der Waals surface area (Å²) in [6.07, 6.45) is -13.2. The number of piperazine rings is 1. The summed E-state index contributed by atoms with van der Waals surface area (Å²) in [6, 6.07) is 7.85. The van der Waals surface area contributed by atoms with E-state index in [4.69, 9.17) is 4.74 Å². The average molecular weight is 1130 g/mol. The average Bonchev–Trinajstić information content (AvgIpc) is 3.99. The zero-order valence-corrected chi connectivity index (χ0v) is 43.9. The number of nitrogens with one attached hydrogen (secondary N) is 4. The van der Waals surface area contributed by atoms with Gasteiger partial charge in [-0.3, -0.25) is 19.9 Å². The maximum atomic E-state index is 16.0. The van der Waals surface area contributed by atoms with Crippen molar-refractivity contribution in [2.24, 2.45) is 10.8 Å². The van der Waals surface area contributed by atoms with Gasteiger partial charge in [-0.2, -0.15) is 40.2 Å². The smallest absolute Gasteiger partial charge is 0.407 e. The minimum atomic E-state index is -5.26. The standard InChI is InChI=1S/C52H60F10N10O7/c1-8-71-34-16-17-35(71)26-69(25-34)41-18-15-31(22-64-41)14-11-29-9-12-30(13-10-29)19-39(66-44(74)42(67-48(77)78-7)49(2,3)51(57,58)59)40(73)28-70(68-45(75)43(79-47(76)63-6)50(4,5)52(60,61)62)27-36-37(53)20-32(21-38(36)54)33-23-65-72(24-33)46(55)56/h9-10,12-13,15,18,20-24,34-35,39-40,42-43,46,73H,8,16-17,19,25-28H2,1-7H3,(H,63,76)(H,66,74)(H,67,77)(H,68,75)/t34-,35-,39-,40-,42+,43+/m0/s1. The lowest BCUT2D eigenvalue weighted by Gasteiger charge is -2.41. The summed E-state index contributed by atoms with van der Waals surface area (Å²) in [5, 5.41) is 22.0. The number of hydrogen-bond acceptors (Lipinski definition) is 12. The molecule has 0 aliphatic carbocycles. The largest absolute Gasteiger partial charge is 0.453 e. The molecule has 6 rings (SSSR count). The molecule has 4 amide bonds. The van der Waals surface area contributed by atoms with Gasteiger partial charge in [0.25, 0.3) is 5.91 Å². The molecule has 430 valence electrons. The number of aliphatic hydroxyl groups excluding tert-OH is 1. The minimum absolute atomic E-state index is 0.175. The number of aromatic nitrogens is 3. The van der Waals surface area contributed by atoms with Crippen LogP contribution in [0.3, 0.4) is 0 Å². The number of alkyl halides is 8. The lowest BCUT2D eigenvalue weighted by molar-refractivity contribution is -0.239. The zero-order valence-electron chi connectivity index (χ0n) is 43.9. The molecule has 27 heteroatoms. The molecule has 2 aliphatic heterocycles. The Morgan fingerprint density at radius 1 is 0.823 bits per heavy atom. The van der Waals surface area contributed by atoms with Gasteiger partial charge in [0.15, 0.2) is 6.10 Å². The van der Waals surface area contributed by atoms with Crippen LogP contribution < -0.4 is 26.3 Å². The summed E-state index contributed by atoms with van der Waals surface area (Å²) in [5.41, 5.74) is -4.32. The molecule has 2 bridgehead atoms. The number of rotatable bonds is 19. The van der Waals surface area contributed by atoms with Gasteiger partial charge in [0.1, 0.15) is 28.9 Å². The highest BCUT2D eigenvalue weighted by Crippen LogP contribution is 2.43. The lowest BCUT2D eigenvalue weighted by atomic mass is 9.82. The molecular weight excluding hydrogens is 1070 g/mol. The van der Waals surface area contributed by atoms with E-state index in [-0.39, 0.29) is 21.4 Å². The van der Waals surface area contributed by atoms with E-state index in [0.717, 1.165) is 64.8 Å². The Morgan fingerprint density at radius 3 is 1.94 bits per heavy atom. The van der Waals surface area contributed by atoms with E-state index >= 15 is 8.78 Å². The van der Waals surface area contributed by atoms with Crippen molar-refractivity contribution in [2.75, 3.05) is 45.2 Å². The van der Waals surface area contributed by atoms with Gasteiger partial charge in [0.2, 0.25) is 5.91 Å². The van der Waals surface area contributed by atoms with Crippen molar-refractivity contribution in [1.29, 1.82) is 0 Å². The van der Waals surface area contributed by atoms with Crippen LogP contribution in [0, 0.1) is 34.3 Å². The van der Waals surface area contributed by atoms with Crippen molar-refractivity contribution in [2.45, 2.75) is 116 Å². The van der Waals surface area contributed by atoms with Gasteiger partial charge in [-0.25, -0.2) is 33.0 Å². The summed E-state index contributed by atoms with van der Waals surface area (Å²) < 4.78 is 155. The number of hydrazine groups is 1. The fourth-order valence-corrected chi connectivity index (χ4v) is 9.19. The molecule has 2 fully saturated rings. The number of carbonyl (C=O) groups is 4. The molecular formula is C52H60F10N10O7. The van der Waals surface area contributed by atoms with Crippen LogP contribution in [-0.4, -0.2) is 143 Å². The van der Waals surface area contributed by atoms with Crippen LogP contribution in [0.1, 0.15) is 76.3 Å². The molecule has 2 aromatic carbocycles. The molecule has 0 spiro atoms. The molecule has 5 N–H and O–H groups in total. The molecule has 0 saturated carbocycles. The van der Waals surface area contributed by atoms with E-state index in [0.29, 0.717) is 68.0 Å². The number of pyridine rings is 1. The van der Waals surface area contributed by atoms with Crippen molar-refractivity contribution in [1.82, 2.24) is 46.0 Å². The predicted octanol–water partition coefficient (Wildman–Crippen LogP) is 7.24. The molecule has 2 aliphatic rings. The highest BCUT2D eigenvalue weighted by atomic mass is 19.4. The van der Waals surface area contributed by atoms with Crippen molar-refractivity contribution < 1.29 is 77.7 Å². The van der Waals surface area contributed by atoms with Crippen LogP contribution in [0.4, 0.5) is 59.3 Å². The second kappa shape index (κ2) is 24.9. The summed E-state index contributed by atoms with van der Waals surface area (Å²) in [5.74, 6) is 0.729. The van der Waals surface area contributed by atoms with E-state index in [9.17, 15) is 59.4 Å². The van der Waals surface area contributed by atoms with Crippen LogP contribution in [-0.2, 0) is 32.0 Å². The van der Waals surface area contributed by atoms with Gasteiger partial charge in [-0.15, -0.1) is 0 Å². The van der Waals surface area contributed by atoms with Crippen molar-refractivity contribution in [3.05, 3.63) is 101 Å². The second-order valence-corrected chi connectivity index (χ2v) is 20.2. The summed E-state index contributed by atoms with van der Waals surface area (Å²) >= 11 is 0. The Labute approximate surface area is 448 Å². The Morgan fingerprint density at radius 2 is 1.42 bits per heavy atom. The van der Waals surface area contributed by atoms with E-state index < -0.39 is 115 Å². The molecule has 2 aromatic heterocycles. The van der Waals surface area contributed by atoms with E-state index in [1.165, 1.54) is 12.1 Å². The fourth-order valence-electron chi connectivity index (χ4n) is 9.19. The van der Waals surface area contributed by atoms with Crippen LogP contribution >= 0.6 is 0 Å². The van der Waals surface area contributed by atoms with Crippen LogP contribution in [0.2, 0.25) is 0 Å². The molecule has 6 atom stereocenters. The summed E-state index contributed by atoms with van der Waals surface area (Å²) in [4.78, 5) is 62.2. The van der Waals surface area contributed by atoms with E-state index in [2.05, 4.69) is 48.7 Å². The van der Waals surface area contributed by atoms with Gasteiger partial charge < -0.3 is 35.4 Å². The van der Waals surface area contributed by atoms with E-state index in [1.54, 1.807) is 18.3 Å². The number of carbonyl (C=O) groups excluding carboxylic acids is 4. The number of alkyl carbamates (subject to hydrolysis) is 2. The first-order chi connectivity index (χ1) is 37.0. The number of hydrogen-bond donors (Lipinski definition) is 5. The maximum absolute atomic E-state index is 16.0. The second-order valence-electron chi connectivity index (χ2n) is 20.2. The number of ether oxygens (including phenoxy) is 2. The fraction of sp³-hybridized carbons (Fsp3) is 0.500. The maximum Gasteiger partial charge on any atom is 0.407 e. The predicted molar refractivity (Wildman–Crippen MR) is 265 cm³/mol. The lowest BCUT2D eigenvalue weighted by Crippen LogP contribution is -2.62. The number of benzene rings is 2. The topological polar surface area (TPSA) is 196 Å². The Bertz CT molecular complexity index is 2820. The van der Waals surface area contributed by atoms with Crippen molar-refractivity contribution in [3.8, 4) is 23.0 Å². The van der Waals surface area contributed by atoms with Gasteiger partial charge in [0, 0.05) is 80.0 Å². The molecule has 79 heavy (non-hydrogen) atoms. The van der Waals surface area contributed by atoms with Gasteiger partial charge >= 0.3 is 31.1 Å². The third kappa shape index (κ3) is 14.6. The molecule has 4 heterocycles. The third-order valence-corrected chi connectivity index (χ3v) is 14.1. The highest BCUT2D eigenvalue weighted by molar-refractivity contribution is 5.87. The van der Waals surface area contributed by atoms with Crippen LogP contribution in [0.15, 0.2) is 67.1 Å². The normalized spacial score (nSPS) is 17.5. The number of anilines is 1. The van der Waals surface area contributed by atoms with Gasteiger partial charge in [-0.1, -0.05) is 30.9 Å².